The van der Waals surface area contributed by atoms with E-state index in [-0.39, 0.29) is 0 Å². The quantitative estimate of drug-likeness (QED) is 0.840. The number of aryl methyl sites for hydroxylation is 1. The Morgan fingerprint density at radius 3 is 2.62 bits per heavy atom. The molecule has 0 spiro atoms. The summed E-state index contributed by atoms with van der Waals surface area (Å²) in [6, 6.07) is 8.32. The summed E-state index contributed by atoms with van der Waals surface area (Å²) in [6.07, 6.45) is 0.931. The third kappa shape index (κ3) is 4.03. The van der Waals surface area contributed by atoms with E-state index >= 15 is 0 Å². The lowest BCUT2D eigenvalue weighted by Gasteiger charge is -2.14. The highest BCUT2D eigenvalue weighted by molar-refractivity contribution is 9.10. The van der Waals surface area contributed by atoms with Gasteiger partial charge in [0.25, 0.3) is 0 Å². The molecule has 112 valence electrons. The molecule has 2 rings (SSSR count). The molecule has 1 aromatic carbocycles. The molecule has 3 nitrogen and oxygen atoms in total. The van der Waals surface area contributed by atoms with Crippen LogP contribution >= 0.6 is 15.9 Å². The number of benzene rings is 1. The van der Waals surface area contributed by atoms with Crippen molar-refractivity contribution in [3.63, 3.8) is 0 Å². The Morgan fingerprint density at radius 1 is 1.24 bits per heavy atom. The number of halogens is 1. The van der Waals surface area contributed by atoms with Crippen LogP contribution < -0.4 is 5.32 Å². The number of nitrogens with zero attached hydrogens (tertiary/aromatic N) is 2. The maximum Gasteiger partial charge on any atom is 0.161 e. The minimum absolute atomic E-state index is 0.552. The van der Waals surface area contributed by atoms with Gasteiger partial charge in [0, 0.05) is 12.1 Å². The second kappa shape index (κ2) is 7.03. The average molecular weight is 348 g/mol. The molecule has 0 aliphatic rings. The van der Waals surface area contributed by atoms with Crippen molar-refractivity contribution < 1.29 is 0 Å². The highest BCUT2D eigenvalue weighted by Gasteiger charge is 2.14. The van der Waals surface area contributed by atoms with Crippen LogP contribution in [-0.4, -0.2) is 16.5 Å². The first-order valence-corrected chi connectivity index (χ1v) is 8.17. The topological polar surface area (TPSA) is 37.8 Å². The SMILES string of the molecule is CCNc1nc(-c2cccc(C)c2)nc(CC(C)C)c1Br. The van der Waals surface area contributed by atoms with Gasteiger partial charge in [0.1, 0.15) is 5.82 Å². The molecule has 0 unspecified atom stereocenters. The maximum atomic E-state index is 4.77. The monoisotopic (exact) mass is 347 g/mol. The largest absolute Gasteiger partial charge is 0.369 e. The summed E-state index contributed by atoms with van der Waals surface area (Å²) in [5.74, 6) is 2.21. The van der Waals surface area contributed by atoms with Gasteiger partial charge in [-0.15, -0.1) is 0 Å². The molecule has 0 saturated heterocycles. The number of hydrogen-bond acceptors (Lipinski definition) is 3. The van der Waals surface area contributed by atoms with Crippen molar-refractivity contribution in [1.29, 1.82) is 0 Å². The van der Waals surface area contributed by atoms with E-state index in [1.165, 1.54) is 5.56 Å². The van der Waals surface area contributed by atoms with E-state index in [1.54, 1.807) is 0 Å². The second-order valence-corrected chi connectivity index (χ2v) is 6.45. The summed E-state index contributed by atoms with van der Waals surface area (Å²) in [5, 5.41) is 3.32. The Bertz CT molecular complexity index is 623. The summed E-state index contributed by atoms with van der Waals surface area (Å²) < 4.78 is 0.981. The lowest BCUT2D eigenvalue weighted by molar-refractivity contribution is 0.632. The van der Waals surface area contributed by atoms with E-state index in [0.29, 0.717) is 5.92 Å². The highest BCUT2D eigenvalue weighted by atomic mass is 79.9. The fourth-order valence-corrected chi connectivity index (χ4v) is 2.69. The zero-order valence-corrected chi connectivity index (χ0v) is 14.7. The zero-order chi connectivity index (χ0) is 15.4. The fraction of sp³-hybridized carbons (Fsp3) is 0.412. The maximum absolute atomic E-state index is 4.77. The van der Waals surface area contributed by atoms with Crippen molar-refractivity contribution in [3.8, 4) is 11.4 Å². The summed E-state index contributed by atoms with van der Waals surface area (Å²) in [6.45, 7) is 9.40. The molecule has 0 fully saturated rings. The van der Waals surface area contributed by atoms with Crippen LogP contribution in [-0.2, 0) is 6.42 Å². The third-order valence-corrected chi connectivity index (χ3v) is 3.98. The molecule has 0 saturated carbocycles. The van der Waals surface area contributed by atoms with Crippen LogP contribution in [0.5, 0.6) is 0 Å². The van der Waals surface area contributed by atoms with Gasteiger partial charge < -0.3 is 5.32 Å². The van der Waals surface area contributed by atoms with Gasteiger partial charge in [-0.2, -0.15) is 0 Å². The Balaban J connectivity index is 2.52. The summed E-state index contributed by atoms with van der Waals surface area (Å²) in [5.41, 5.74) is 3.34. The molecule has 1 aromatic heterocycles. The number of hydrogen-bond donors (Lipinski definition) is 1. The van der Waals surface area contributed by atoms with Gasteiger partial charge in [-0.3, -0.25) is 0 Å². The Hall–Kier alpha value is -1.42. The van der Waals surface area contributed by atoms with E-state index in [9.17, 15) is 0 Å². The van der Waals surface area contributed by atoms with Crippen molar-refractivity contribution in [1.82, 2.24) is 9.97 Å². The highest BCUT2D eigenvalue weighted by Crippen LogP contribution is 2.29. The molecule has 1 N–H and O–H groups in total. The van der Waals surface area contributed by atoms with Gasteiger partial charge in [0.2, 0.25) is 0 Å². The van der Waals surface area contributed by atoms with Crippen LogP contribution in [0.1, 0.15) is 32.0 Å². The molecule has 21 heavy (non-hydrogen) atoms. The number of rotatable bonds is 5. The van der Waals surface area contributed by atoms with Gasteiger partial charge >= 0.3 is 0 Å². The smallest absolute Gasteiger partial charge is 0.161 e. The van der Waals surface area contributed by atoms with Crippen LogP contribution in [0.4, 0.5) is 5.82 Å². The molecule has 1 heterocycles. The second-order valence-electron chi connectivity index (χ2n) is 5.65. The van der Waals surface area contributed by atoms with Crippen LogP contribution in [0.2, 0.25) is 0 Å². The normalized spacial score (nSPS) is 11.0. The van der Waals surface area contributed by atoms with E-state index in [4.69, 9.17) is 4.98 Å². The molecule has 0 aliphatic heterocycles. The van der Waals surface area contributed by atoms with Gasteiger partial charge in [0.05, 0.1) is 10.2 Å². The molecule has 0 aliphatic carbocycles. The van der Waals surface area contributed by atoms with Crippen LogP contribution in [0.15, 0.2) is 28.7 Å². The third-order valence-electron chi connectivity index (χ3n) is 3.14. The molecule has 0 radical (unpaired) electrons. The molecule has 0 atom stereocenters. The molecule has 0 bridgehead atoms. The lowest BCUT2D eigenvalue weighted by atomic mass is 10.1. The molecular formula is C17H22BrN3. The summed E-state index contributed by atoms with van der Waals surface area (Å²) in [4.78, 5) is 9.44. The summed E-state index contributed by atoms with van der Waals surface area (Å²) in [7, 11) is 0. The number of anilines is 1. The van der Waals surface area contributed by atoms with Gasteiger partial charge in [-0.25, -0.2) is 9.97 Å². The standard InChI is InChI=1S/C17H22BrN3/c1-5-19-17-15(18)14(9-11(2)3)20-16(21-17)13-8-6-7-12(4)10-13/h6-8,10-11H,5,9H2,1-4H3,(H,19,20,21). The summed E-state index contributed by atoms with van der Waals surface area (Å²) >= 11 is 3.64. The van der Waals surface area contributed by atoms with Gasteiger partial charge in [-0.1, -0.05) is 37.6 Å². The first kappa shape index (κ1) is 16.0. The zero-order valence-electron chi connectivity index (χ0n) is 13.1. The van der Waals surface area contributed by atoms with E-state index in [0.717, 1.165) is 40.3 Å². The van der Waals surface area contributed by atoms with Crippen molar-refractivity contribution in [2.45, 2.75) is 34.1 Å². The van der Waals surface area contributed by atoms with E-state index < -0.39 is 0 Å². The Labute approximate surface area is 135 Å². The predicted octanol–water partition coefficient (Wildman–Crippen LogP) is 4.84. The van der Waals surface area contributed by atoms with Crippen LogP contribution in [0.3, 0.4) is 0 Å². The molecule has 2 aromatic rings. The Kier molecular flexibility index (Phi) is 5.34. The lowest BCUT2D eigenvalue weighted by Crippen LogP contribution is -2.08. The Morgan fingerprint density at radius 2 is 2.00 bits per heavy atom. The first-order valence-electron chi connectivity index (χ1n) is 7.38. The van der Waals surface area contributed by atoms with Crippen molar-refractivity contribution >= 4 is 21.7 Å². The number of nitrogens with one attached hydrogen (secondary N) is 1. The van der Waals surface area contributed by atoms with Crippen LogP contribution in [0.25, 0.3) is 11.4 Å². The minimum Gasteiger partial charge on any atom is -0.369 e. The van der Waals surface area contributed by atoms with Crippen molar-refractivity contribution in [2.75, 3.05) is 11.9 Å². The number of aromatic nitrogens is 2. The molecule has 4 heteroatoms. The molecule has 0 amide bonds. The van der Waals surface area contributed by atoms with Gasteiger partial charge in [-0.05, 0) is 48.2 Å². The van der Waals surface area contributed by atoms with E-state index in [2.05, 4.69) is 72.1 Å². The first-order chi connectivity index (χ1) is 10.0. The predicted molar refractivity (Wildman–Crippen MR) is 92.6 cm³/mol. The average Bonchev–Trinajstić information content (AvgIpc) is 2.42. The minimum atomic E-state index is 0.552. The van der Waals surface area contributed by atoms with Crippen LogP contribution in [0, 0.1) is 12.8 Å². The van der Waals surface area contributed by atoms with E-state index in [1.807, 2.05) is 6.07 Å². The van der Waals surface area contributed by atoms with Crippen molar-refractivity contribution in [2.24, 2.45) is 5.92 Å². The van der Waals surface area contributed by atoms with Crippen molar-refractivity contribution in [3.05, 3.63) is 40.0 Å². The van der Waals surface area contributed by atoms with Gasteiger partial charge in [0.15, 0.2) is 5.82 Å². The molecular weight excluding hydrogens is 326 g/mol. The fourth-order valence-electron chi connectivity index (χ4n) is 2.21.